The molecular weight excluding hydrogens is 479 g/mol. The van der Waals surface area contributed by atoms with E-state index in [-0.39, 0.29) is 1.55 Å². The molecule has 60 valence electrons. The van der Waals surface area contributed by atoms with Gasteiger partial charge in [0.05, 0.1) is 0 Å². The average Bonchev–Trinajstić information content (AvgIpc) is 1.86. The second-order valence-corrected chi connectivity index (χ2v) is 8.73. The molecule has 0 aliphatic heterocycles. The van der Waals surface area contributed by atoms with E-state index in [1.165, 1.54) is 9.13 Å². The van der Waals surface area contributed by atoms with E-state index in [1.54, 1.807) is 0 Å². The summed E-state index contributed by atoms with van der Waals surface area (Å²) < 4.78 is 0.934. The summed E-state index contributed by atoms with van der Waals surface area (Å²) in [7, 11) is 0. The first-order chi connectivity index (χ1) is 5.02. The molecule has 1 aromatic rings. The molecule has 0 saturated heterocycles. The molecule has 0 atom stereocenters. The fourth-order valence-corrected chi connectivity index (χ4v) is 3.52. The maximum atomic E-state index is 5.93. The third-order valence-corrected chi connectivity index (χ3v) is 3.34. The topological polar surface area (TPSA) is 26.0 Å². The molecule has 11 heavy (non-hydrogen) atoms. The summed E-state index contributed by atoms with van der Waals surface area (Å²) in [5, 5.41) is 0. The molecule has 2 N–H and O–H groups in total. The maximum absolute atomic E-state index is 5.93. The molecule has 0 aliphatic carbocycles. The largest absolute Gasteiger partial charge is 0.305 e. The molecule has 0 saturated carbocycles. The molecule has 0 radical (unpaired) electrons. The normalized spacial score (nSPS) is 11.6. The number of hydrogen-bond acceptors (Lipinski definition) is 1. The zero-order valence-electron chi connectivity index (χ0n) is 5.52. The lowest BCUT2D eigenvalue weighted by Crippen LogP contribution is -2.21. The molecule has 0 fully saturated rings. The Morgan fingerprint density at radius 2 is 1.73 bits per heavy atom. The first-order valence-corrected chi connectivity index (χ1v) is 6.17. The second-order valence-electron chi connectivity index (χ2n) is 2.10. The molecule has 0 unspecified atom stereocenters. The van der Waals surface area contributed by atoms with Gasteiger partial charge < -0.3 is 5.73 Å². The number of rotatable bonds is 1. The molecule has 4 heteroatoms. The Morgan fingerprint density at radius 1 is 1.18 bits per heavy atom. The van der Waals surface area contributed by atoms with Gasteiger partial charge >= 0.3 is 0 Å². The predicted octanol–water partition coefficient (Wildman–Crippen LogP) is 3.23. The van der Waals surface area contributed by atoms with Crippen molar-refractivity contribution in [1.82, 2.24) is 0 Å². The van der Waals surface area contributed by atoms with Crippen LogP contribution in [0.3, 0.4) is 0 Å². The van der Waals surface area contributed by atoms with Crippen LogP contribution in [0.25, 0.3) is 0 Å². The Balaban J connectivity index is 3.14. The van der Waals surface area contributed by atoms with Crippen LogP contribution >= 0.6 is 67.8 Å². The van der Waals surface area contributed by atoms with Crippen molar-refractivity contribution in [2.24, 2.45) is 5.73 Å². The highest BCUT2D eigenvalue weighted by Crippen LogP contribution is 2.35. The second kappa shape index (κ2) is 4.05. The molecule has 0 bridgehead atoms. The van der Waals surface area contributed by atoms with E-state index in [0.717, 1.165) is 0 Å². The Hall–Kier alpha value is 1.37. The first-order valence-electron chi connectivity index (χ1n) is 2.93. The van der Waals surface area contributed by atoms with Gasteiger partial charge in [-0.25, -0.2) is 0 Å². The van der Waals surface area contributed by atoms with Crippen LogP contribution < -0.4 is 5.73 Å². The van der Waals surface area contributed by atoms with Crippen LogP contribution in [0.2, 0.25) is 0 Å². The fraction of sp³-hybridized carbons (Fsp3) is 0.143. The molecule has 1 aromatic carbocycles. The van der Waals surface area contributed by atoms with Gasteiger partial charge in [0, 0.05) is 9.13 Å². The van der Waals surface area contributed by atoms with Gasteiger partial charge in [-0.2, -0.15) is 0 Å². The third-order valence-electron chi connectivity index (χ3n) is 1.23. The summed E-state index contributed by atoms with van der Waals surface area (Å²) in [6.07, 6.45) is 0. The Labute approximate surface area is 107 Å². The summed E-state index contributed by atoms with van der Waals surface area (Å²) in [4.78, 5) is 0. The van der Waals surface area contributed by atoms with Crippen LogP contribution in [0.15, 0.2) is 24.3 Å². The van der Waals surface area contributed by atoms with Gasteiger partial charge in [-0.1, -0.05) is 18.2 Å². The highest BCUT2D eigenvalue weighted by Gasteiger charge is 2.20. The molecule has 0 heterocycles. The number of halogens is 3. The molecule has 1 nitrogen and oxygen atoms in total. The van der Waals surface area contributed by atoms with Crippen molar-refractivity contribution in [2.75, 3.05) is 0 Å². The summed E-state index contributed by atoms with van der Waals surface area (Å²) in [6.45, 7) is 0. The lowest BCUT2D eigenvalue weighted by Gasteiger charge is -2.16. The smallest absolute Gasteiger partial charge is 0.146 e. The summed E-state index contributed by atoms with van der Waals surface area (Å²) in [5.41, 5.74) is 7.11. The van der Waals surface area contributed by atoms with E-state index in [4.69, 9.17) is 5.73 Å². The summed E-state index contributed by atoms with van der Waals surface area (Å²) in [6, 6.07) is 8.15. The highest BCUT2D eigenvalue weighted by atomic mass is 127. The van der Waals surface area contributed by atoms with Crippen LogP contribution in [-0.4, -0.2) is 0 Å². The molecule has 0 spiro atoms. The van der Waals surface area contributed by atoms with Crippen molar-refractivity contribution in [3.63, 3.8) is 0 Å². The van der Waals surface area contributed by atoms with E-state index in [0.29, 0.717) is 0 Å². The standard InChI is InChI=1S/C7H6I3N/c8-6-4-2-1-3-5(6)7(9,10)11/h1-4H,11H2. The minimum Gasteiger partial charge on any atom is -0.305 e. The number of hydrogen-bond donors (Lipinski definition) is 1. The van der Waals surface area contributed by atoms with Crippen LogP contribution in [0.4, 0.5) is 0 Å². The van der Waals surface area contributed by atoms with Crippen LogP contribution in [0, 0.1) is 3.57 Å². The van der Waals surface area contributed by atoms with Gasteiger partial charge in [-0.3, -0.25) is 0 Å². The fourth-order valence-electron chi connectivity index (χ4n) is 0.732. The molecule has 0 amide bonds. The maximum Gasteiger partial charge on any atom is 0.146 e. The van der Waals surface area contributed by atoms with E-state index in [1.807, 2.05) is 12.1 Å². The third kappa shape index (κ3) is 2.96. The van der Waals surface area contributed by atoms with Gasteiger partial charge in [-0.15, -0.1) is 0 Å². The van der Waals surface area contributed by atoms with Gasteiger partial charge in [0.1, 0.15) is 1.55 Å². The van der Waals surface area contributed by atoms with Crippen molar-refractivity contribution in [1.29, 1.82) is 0 Å². The molecule has 0 aromatic heterocycles. The first kappa shape index (κ1) is 10.5. The van der Waals surface area contributed by atoms with Crippen LogP contribution in [-0.2, 0) is 1.55 Å². The lowest BCUT2D eigenvalue weighted by atomic mass is 10.2. The van der Waals surface area contributed by atoms with Gasteiger partial charge in [0.15, 0.2) is 0 Å². The van der Waals surface area contributed by atoms with Gasteiger partial charge in [0.2, 0.25) is 0 Å². The zero-order chi connectivity index (χ0) is 8.48. The Kier molecular flexibility index (Phi) is 3.85. The monoisotopic (exact) mass is 485 g/mol. The number of benzene rings is 1. The van der Waals surface area contributed by atoms with Crippen molar-refractivity contribution >= 4 is 67.8 Å². The quantitative estimate of drug-likeness (QED) is 0.370. The highest BCUT2D eigenvalue weighted by molar-refractivity contribution is 14.2. The van der Waals surface area contributed by atoms with Crippen LogP contribution in [0.1, 0.15) is 5.56 Å². The number of alkyl halides is 2. The predicted molar refractivity (Wildman–Crippen MR) is 73.1 cm³/mol. The minimum absolute atomic E-state index is 0.284. The van der Waals surface area contributed by atoms with Gasteiger partial charge in [-0.05, 0) is 73.8 Å². The van der Waals surface area contributed by atoms with Gasteiger partial charge in [0.25, 0.3) is 0 Å². The van der Waals surface area contributed by atoms with Crippen LogP contribution in [0.5, 0.6) is 0 Å². The van der Waals surface area contributed by atoms with E-state index < -0.39 is 0 Å². The van der Waals surface area contributed by atoms with E-state index in [2.05, 4.69) is 79.9 Å². The van der Waals surface area contributed by atoms with Crippen molar-refractivity contribution in [3.05, 3.63) is 33.4 Å². The zero-order valence-corrected chi connectivity index (χ0v) is 12.0. The number of nitrogens with two attached hydrogens (primary N) is 1. The molecule has 0 aliphatic rings. The average molecular weight is 485 g/mol. The van der Waals surface area contributed by atoms with Crippen molar-refractivity contribution < 1.29 is 0 Å². The SMILES string of the molecule is NC(I)(I)c1ccccc1I. The molecular formula is C7H6I3N. The van der Waals surface area contributed by atoms with Crippen molar-refractivity contribution in [3.8, 4) is 0 Å². The van der Waals surface area contributed by atoms with Crippen molar-refractivity contribution in [2.45, 2.75) is 1.55 Å². The Bertz CT molecular complexity index is 254. The Morgan fingerprint density at radius 3 is 2.09 bits per heavy atom. The minimum atomic E-state index is -0.284. The summed E-state index contributed by atoms with van der Waals surface area (Å²) in [5.74, 6) is 0. The van der Waals surface area contributed by atoms with E-state index >= 15 is 0 Å². The molecule has 1 rings (SSSR count). The summed E-state index contributed by atoms with van der Waals surface area (Å²) >= 11 is 6.75. The van der Waals surface area contributed by atoms with E-state index in [9.17, 15) is 0 Å². The lowest BCUT2D eigenvalue weighted by molar-refractivity contribution is 1.03.